The number of carbonyl (C=O) groups is 1. The first kappa shape index (κ1) is 10.7. The van der Waals surface area contributed by atoms with Gasteiger partial charge in [0.2, 0.25) is 6.33 Å². The zero-order chi connectivity index (χ0) is 12.4. The number of aromatic carboxylic acids is 1. The summed E-state index contributed by atoms with van der Waals surface area (Å²) in [6.07, 6.45) is 2.59. The first-order chi connectivity index (χ1) is 8.06. The normalized spacial score (nSPS) is 10.4. The standard InChI is InChI=1S/C7H6N6O4/c14-6(15)5-1-2-11(9-5)4-12-3-8-7(10-12)13(16)17/h1-3H,4H2,(H,14,15). The largest absolute Gasteiger partial charge is 0.491 e. The van der Waals surface area contributed by atoms with Gasteiger partial charge in [-0.25, -0.2) is 9.48 Å². The summed E-state index contributed by atoms with van der Waals surface area (Å²) in [6.45, 7) is 0.0497. The molecule has 0 radical (unpaired) electrons. The Labute approximate surface area is 93.3 Å². The van der Waals surface area contributed by atoms with E-state index in [-0.39, 0.29) is 12.4 Å². The van der Waals surface area contributed by atoms with Crippen molar-refractivity contribution < 1.29 is 14.8 Å². The third-order valence-corrected chi connectivity index (χ3v) is 1.84. The molecule has 0 unspecified atom stereocenters. The summed E-state index contributed by atoms with van der Waals surface area (Å²) in [7, 11) is 0. The maximum Gasteiger partial charge on any atom is 0.491 e. The van der Waals surface area contributed by atoms with Crippen molar-refractivity contribution in [1.29, 1.82) is 0 Å². The third-order valence-electron chi connectivity index (χ3n) is 1.84. The van der Waals surface area contributed by atoms with Gasteiger partial charge in [0.15, 0.2) is 12.4 Å². The van der Waals surface area contributed by atoms with E-state index in [0.717, 1.165) is 0 Å². The van der Waals surface area contributed by atoms with Gasteiger partial charge in [0.05, 0.1) is 0 Å². The molecule has 10 nitrogen and oxygen atoms in total. The molecule has 0 amide bonds. The topological polar surface area (TPSA) is 129 Å². The molecule has 0 aliphatic carbocycles. The molecular formula is C7H6N6O4. The van der Waals surface area contributed by atoms with Crippen LogP contribution in [0.5, 0.6) is 0 Å². The maximum atomic E-state index is 10.6. The van der Waals surface area contributed by atoms with Crippen LogP contribution in [0.2, 0.25) is 0 Å². The fraction of sp³-hybridized carbons (Fsp3) is 0.143. The van der Waals surface area contributed by atoms with E-state index < -0.39 is 16.8 Å². The number of carboxylic acid groups (broad SMARTS) is 1. The van der Waals surface area contributed by atoms with E-state index in [4.69, 9.17) is 5.11 Å². The molecule has 0 saturated heterocycles. The second-order valence-electron chi connectivity index (χ2n) is 3.03. The van der Waals surface area contributed by atoms with E-state index in [0.29, 0.717) is 0 Å². The first-order valence-corrected chi connectivity index (χ1v) is 4.37. The molecule has 2 aromatic rings. The second kappa shape index (κ2) is 4.00. The molecule has 2 rings (SSSR count). The van der Waals surface area contributed by atoms with Gasteiger partial charge in [-0.15, -0.1) is 0 Å². The van der Waals surface area contributed by atoms with Crippen LogP contribution in [-0.4, -0.2) is 40.5 Å². The lowest BCUT2D eigenvalue weighted by Gasteiger charge is -1.96. The fourth-order valence-electron chi connectivity index (χ4n) is 1.14. The molecule has 2 heterocycles. The zero-order valence-corrected chi connectivity index (χ0v) is 8.29. The molecule has 0 spiro atoms. The number of nitrogens with zero attached hydrogens (tertiary/aromatic N) is 6. The summed E-state index contributed by atoms with van der Waals surface area (Å²) in [5.41, 5.74) is -0.111. The molecule has 0 saturated carbocycles. The molecule has 1 N–H and O–H groups in total. The lowest BCUT2D eigenvalue weighted by atomic mass is 10.5. The van der Waals surface area contributed by atoms with Crippen molar-refractivity contribution in [3.63, 3.8) is 0 Å². The van der Waals surface area contributed by atoms with E-state index in [9.17, 15) is 14.9 Å². The van der Waals surface area contributed by atoms with Gasteiger partial charge in [-0.3, -0.25) is 0 Å². The van der Waals surface area contributed by atoms with Crippen LogP contribution in [0.3, 0.4) is 0 Å². The highest BCUT2D eigenvalue weighted by molar-refractivity contribution is 5.84. The molecule has 0 atom stereocenters. The number of hydrogen-bond acceptors (Lipinski definition) is 6. The van der Waals surface area contributed by atoms with Crippen molar-refractivity contribution in [2.45, 2.75) is 6.67 Å². The van der Waals surface area contributed by atoms with Gasteiger partial charge in [0.1, 0.15) is 0 Å². The Morgan fingerprint density at radius 3 is 2.76 bits per heavy atom. The Bertz CT molecular complexity index is 522. The summed E-state index contributed by atoms with van der Waals surface area (Å²) < 4.78 is 2.46. The predicted octanol–water partition coefficient (Wildman–Crippen LogP) is -0.413. The van der Waals surface area contributed by atoms with E-state index in [2.05, 4.69) is 15.2 Å². The monoisotopic (exact) mass is 238 g/mol. The van der Waals surface area contributed by atoms with Crippen LogP contribution in [0.4, 0.5) is 5.95 Å². The minimum atomic E-state index is -1.15. The number of rotatable bonds is 4. The lowest BCUT2D eigenvalue weighted by Crippen LogP contribution is -2.10. The summed E-state index contributed by atoms with van der Waals surface area (Å²) in [5, 5.41) is 26.2. The number of carboxylic acids is 1. The number of aromatic nitrogens is 5. The summed E-state index contributed by atoms with van der Waals surface area (Å²) in [4.78, 5) is 23.6. The molecule has 10 heteroatoms. The van der Waals surface area contributed by atoms with Gasteiger partial charge < -0.3 is 15.2 Å². The Hall–Kier alpha value is -2.78. The maximum absolute atomic E-state index is 10.6. The molecule has 17 heavy (non-hydrogen) atoms. The van der Waals surface area contributed by atoms with E-state index in [1.54, 1.807) is 0 Å². The van der Waals surface area contributed by atoms with Crippen molar-refractivity contribution in [3.05, 3.63) is 34.4 Å². The van der Waals surface area contributed by atoms with Crippen molar-refractivity contribution >= 4 is 11.9 Å². The van der Waals surface area contributed by atoms with Crippen LogP contribution >= 0.6 is 0 Å². The molecule has 0 aliphatic rings. The Kier molecular flexibility index (Phi) is 2.52. The highest BCUT2D eigenvalue weighted by Crippen LogP contribution is 2.01. The van der Waals surface area contributed by atoms with Crippen molar-refractivity contribution in [2.75, 3.05) is 0 Å². The third kappa shape index (κ3) is 2.25. The minimum absolute atomic E-state index is 0.0497. The van der Waals surface area contributed by atoms with Crippen LogP contribution < -0.4 is 0 Å². The van der Waals surface area contributed by atoms with Crippen molar-refractivity contribution in [2.24, 2.45) is 0 Å². The highest BCUT2D eigenvalue weighted by atomic mass is 16.6. The molecule has 0 bridgehead atoms. The Morgan fingerprint density at radius 1 is 1.47 bits per heavy atom. The summed E-state index contributed by atoms with van der Waals surface area (Å²) in [5.74, 6) is -1.66. The average Bonchev–Trinajstić information content (AvgIpc) is 2.87. The molecule has 0 aromatic carbocycles. The lowest BCUT2D eigenvalue weighted by molar-refractivity contribution is -0.394. The molecule has 0 aliphatic heterocycles. The van der Waals surface area contributed by atoms with Crippen molar-refractivity contribution in [3.8, 4) is 0 Å². The fourth-order valence-corrected chi connectivity index (χ4v) is 1.14. The second-order valence-corrected chi connectivity index (χ2v) is 3.03. The van der Waals surface area contributed by atoms with Gasteiger partial charge in [-0.1, -0.05) is 4.98 Å². The SMILES string of the molecule is O=C(O)c1ccn(Cn2cnc([N+](=O)[O-])n2)n1. The van der Waals surface area contributed by atoms with E-state index >= 15 is 0 Å². The van der Waals surface area contributed by atoms with Crippen LogP contribution in [0, 0.1) is 10.1 Å². The van der Waals surface area contributed by atoms with Crippen LogP contribution in [0.15, 0.2) is 18.6 Å². The molecule has 2 aromatic heterocycles. The predicted molar refractivity (Wildman–Crippen MR) is 51.3 cm³/mol. The first-order valence-electron chi connectivity index (χ1n) is 4.37. The summed E-state index contributed by atoms with van der Waals surface area (Å²) >= 11 is 0. The van der Waals surface area contributed by atoms with Gasteiger partial charge in [0, 0.05) is 11.3 Å². The zero-order valence-electron chi connectivity index (χ0n) is 8.29. The molecule has 0 fully saturated rings. The number of nitro groups is 1. The van der Waals surface area contributed by atoms with Gasteiger partial charge in [-0.05, 0) is 11.0 Å². The smallest absolute Gasteiger partial charge is 0.476 e. The summed E-state index contributed by atoms with van der Waals surface area (Å²) in [6, 6.07) is 1.31. The molecule has 88 valence electrons. The Morgan fingerprint density at radius 2 is 2.24 bits per heavy atom. The van der Waals surface area contributed by atoms with Gasteiger partial charge in [0.25, 0.3) is 0 Å². The average molecular weight is 238 g/mol. The Balaban J connectivity index is 2.13. The van der Waals surface area contributed by atoms with Crippen molar-refractivity contribution in [1.82, 2.24) is 24.5 Å². The quantitative estimate of drug-likeness (QED) is 0.565. The van der Waals surface area contributed by atoms with Crippen LogP contribution in [0.1, 0.15) is 10.5 Å². The van der Waals surface area contributed by atoms with Gasteiger partial charge >= 0.3 is 11.9 Å². The highest BCUT2D eigenvalue weighted by Gasteiger charge is 2.14. The number of hydrogen-bond donors (Lipinski definition) is 1. The van der Waals surface area contributed by atoms with Crippen LogP contribution in [-0.2, 0) is 6.67 Å². The molecular weight excluding hydrogens is 232 g/mol. The van der Waals surface area contributed by atoms with E-state index in [1.807, 2.05) is 0 Å². The van der Waals surface area contributed by atoms with Gasteiger partial charge in [-0.2, -0.15) is 9.78 Å². The van der Waals surface area contributed by atoms with E-state index in [1.165, 1.54) is 28.0 Å². The minimum Gasteiger partial charge on any atom is -0.476 e. The van der Waals surface area contributed by atoms with Crippen LogP contribution in [0.25, 0.3) is 0 Å².